The highest BCUT2D eigenvalue weighted by Crippen LogP contribution is 2.21. The Morgan fingerprint density at radius 1 is 1.03 bits per heavy atom. The standard InChI is InChI=1S/C26H35FN2O2/c1-28(2)26(30)23-15-18-29(19-16-23)17-5-6-20-31-25-8-4-3-7-22(25)12-9-21-10-13-24(27)14-11-21/h3-4,7-8,10-11,13-14,23H,5-6,9,12,15-20H2,1-2H3. The van der Waals surface area contributed by atoms with Crippen molar-refractivity contribution in [2.45, 2.75) is 38.5 Å². The molecule has 0 aliphatic carbocycles. The van der Waals surface area contributed by atoms with Crippen LogP contribution >= 0.6 is 0 Å². The molecule has 1 aliphatic heterocycles. The quantitative estimate of drug-likeness (QED) is 0.522. The summed E-state index contributed by atoms with van der Waals surface area (Å²) in [5.74, 6) is 1.22. The second-order valence-electron chi connectivity index (χ2n) is 8.64. The molecule has 0 radical (unpaired) electrons. The number of amides is 1. The van der Waals surface area contributed by atoms with Crippen molar-refractivity contribution in [3.8, 4) is 5.75 Å². The van der Waals surface area contributed by atoms with Gasteiger partial charge in [0.25, 0.3) is 0 Å². The minimum absolute atomic E-state index is 0.195. The molecule has 4 nitrogen and oxygen atoms in total. The zero-order valence-corrected chi connectivity index (χ0v) is 18.9. The number of carbonyl (C=O) groups is 1. The number of hydrogen-bond donors (Lipinski definition) is 0. The van der Waals surface area contributed by atoms with Gasteiger partial charge in [0.05, 0.1) is 6.61 Å². The van der Waals surface area contributed by atoms with E-state index < -0.39 is 0 Å². The highest BCUT2D eigenvalue weighted by Gasteiger charge is 2.25. The molecule has 2 aromatic carbocycles. The molecule has 1 aliphatic rings. The van der Waals surface area contributed by atoms with Crippen LogP contribution in [-0.4, -0.2) is 56.0 Å². The first-order valence-electron chi connectivity index (χ1n) is 11.4. The number of rotatable bonds is 10. The zero-order chi connectivity index (χ0) is 22.1. The molecule has 0 bridgehead atoms. The average molecular weight is 427 g/mol. The number of nitrogens with zero attached hydrogens (tertiary/aromatic N) is 2. The van der Waals surface area contributed by atoms with Gasteiger partial charge in [0.2, 0.25) is 5.91 Å². The average Bonchev–Trinajstić information content (AvgIpc) is 2.79. The fraction of sp³-hybridized carbons (Fsp3) is 0.500. The molecule has 1 saturated heterocycles. The molecule has 0 atom stereocenters. The molecule has 1 amide bonds. The van der Waals surface area contributed by atoms with E-state index in [2.05, 4.69) is 11.0 Å². The molecule has 1 fully saturated rings. The molecule has 1 heterocycles. The van der Waals surface area contributed by atoms with Crippen LogP contribution in [-0.2, 0) is 17.6 Å². The molecule has 0 aromatic heterocycles. The molecule has 168 valence electrons. The Bertz CT molecular complexity index is 814. The van der Waals surface area contributed by atoms with E-state index in [1.165, 1.54) is 17.7 Å². The number of unbranched alkanes of at least 4 members (excludes halogenated alkanes) is 1. The first kappa shape index (κ1) is 23.3. The van der Waals surface area contributed by atoms with Gasteiger partial charge in [-0.2, -0.15) is 0 Å². The van der Waals surface area contributed by atoms with Crippen LogP contribution in [0.3, 0.4) is 0 Å². The van der Waals surface area contributed by atoms with Crippen molar-refractivity contribution in [2.24, 2.45) is 5.92 Å². The third kappa shape index (κ3) is 7.35. The Kier molecular flexibility index (Phi) is 8.89. The SMILES string of the molecule is CN(C)C(=O)C1CCN(CCCCOc2ccccc2CCc2ccc(F)cc2)CC1. The van der Waals surface area contributed by atoms with Crippen LogP contribution in [0.25, 0.3) is 0 Å². The first-order chi connectivity index (χ1) is 15.0. The van der Waals surface area contributed by atoms with Crippen LogP contribution in [0.5, 0.6) is 5.75 Å². The lowest BCUT2D eigenvalue weighted by molar-refractivity contribution is -0.134. The van der Waals surface area contributed by atoms with Crippen LogP contribution in [0.2, 0.25) is 0 Å². The van der Waals surface area contributed by atoms with Crippen LogP contribution in [0, 0.1) is 11.7 Å². The molecular formula is C26H35FN2O2. The van der Waals surface area contributed by atoms with Crippen molar-refractivity contribution >= 4 is 5.91 Å². The zero-order valence-electron chi connectivity index (χ0n) is 18.9. The van der Waals surface area contributed by atoms with Gasteiger partial charge in [-0.25, -0.2) is 4.39 Å². The number of para-hydroxylation sites is 1. The van der Waals surface area contributed by atoms with Gasteiger partial charge >= 0.3 is 0 Å². The minimum Gasteiger partial charge on any atom is -0.493 e. The Balaban J connectivity index is 1.35. The van der Waals surface area contributed by atoms with Gasteiger partial charge in [-0.3, -0.25) is 4.79 Å². The van der Waals surface area contributed by atoms with E-state index in [0.29, 0.717) is 6.61 Å². The van der Waals surface area contributed by atoms with E-state index in [9.17, 15) is 9.18 Å². The Hall–Kier alpha value is -2.40. The normalized spacial score (nSPS) is 15.1. The summed E-state index contributed by atoms with van der Waals surface area (Å²) < 4.78 is 19.2. The summed E-state index contributed by atoms with van der Waals surface area (Å²) in [4.78, 5) is 16.3. The molecule has 0 saturated carbocycles. The highest BCUT2D eigenvalue weighted by atomic mass is 19.1. The van der Waals surface area contributed by atoms with E-state index in [0.717, 1.165) is 69.5 Å². The number of benzene rings is 2. The molecule has 3 rings (SSSR count). The number of likely N-dealkylation sites (tertiary alicyclic amines) is 1. The van der Waals surface area contributed by atoms with Crippen molar-refractivity contribution in [2.75, 3.05) is 40.3 Å². The van der Waals surface area contributed by atoms with Crippen molar-refractivity contribution in [1.29, 1.82) is 0 Å². The minimum atomic E-state index is -0.195. The van der Waals surface area contributed by atoms with E-state index in [1.807, 2.05) is 44.4 Å². The topological polar surface area (TPSA) is 32.8 Å². The summed E-state index contributed by atoms with van der Waals surface area (Å²) in [6.07, 6.45) is 5.80. The lowest BCUT2D eigenvalue weighted by Gasteiger charge is -2.32. The monoisotopic (exact) mass is 426 g/mol. The smallest absolute Gasteiger partial charge is 0.225 e. The Labute approximate surface area is 186 Å². The van der Waals surface area contributed by atoms with Crippen molar-refractivity contribution in [3.05, 3.63) is 65.5 Å². The molecule has 0 N–H and O–H groups in total. The fourth-order valence-corrected chi connectivity index (χ4v) is 4.17. The third-order valence-corrected chi connectivity index (χ3v) is 6.07. The number of carbonyl (C=O) groups excluding carboxylic acids is 1. The summed E-state index contributed by atoms with van der Waals surface area (Å²) in [6.45, 7) is 3.80. The number of aryl methyl sites for hydroxylation is 2. The van der Waals surface area contributed by atoms with Crippen LogP contribution < -0.4 is 4.74 Å². The van der Waals surface area contributed by atoms with E-state index in [4.69, 9.17) is 4.74 Å². The molecule has 0 spiro atoms. The number of ether oxygens (including phenoxy) is 1. The first-order valence-corrected chi connectivity index (χ1v) is 11.4. The van der Waals surface area contributed by atoms with Crippen molar-refractivity contribution in [3.63, 3.8) is 0 Å². The van der Waals surface area contributed by atoms with Crippen LogP contribution in [0.1, 0.15) is 36.8 Å². The second-order valence-corrected chi connectivity index (χ2v) is 8.64. The predicted octanol–water partition coefficient (Wildman–Crippen LogP) is 4.57. The lowest BCUT2D eigenvalue weighted by atomic mass is 9.95. The number of hydrogen-bond acceptors (Lipinski definition) is 3. The molecule has 5 heteroatoms. The summed E-state index contributed by atoms with van der Waals surface area (Å²) in [7, 11) is 3.69. The maximum atomic E-state index is 13.1. The van der Waals surface area contributed by atoms with Gasteiger partial charge in [-0.15, -0.1) is 0 Å². The van der Waals surface area contributed by atoms with Gasteiger partial charge in [-0.1, -0.05) is 30.3 Å². The fourth-order valence-electron chi connectivity index (χ4n) is 4.17. The summed E-state index contributed by atoms with van der Waals surface area (Å²) in [5, 5.41) is 0. The van der Waals surface area contributed by atoms with Crippen molar-refractivity contribution < 1.29 is 13.9 Å². The summed E-state index contributed by atoms with van der Waals surface area (Å²) >= 11 is 0. The maximum Gasteiger partial charge on any atom is 0.225 e. The summed E-state index contributed by atoms with van der Waals surface area (Å²) in [6, 6.07) is 14.9. The predicted molar refractivity (Wildman–Crippen MR) is 123 cm³/mol. The van der Waals surface area contributed by atoms with Gasteiger partial charge in [0.1, 0.15) is 11.6 Å². The maximum absolute atomic E-state index is 13.1. The molecular weight excluding hydrogens is 391 g/mol. The van der Waals surface area contributed by atoms with Gasteiger partial charge in [0, 0.05) is 20.0 Å². The van der Waals surface area contributed by atoms with Crippen LogP contribution in [0.4, 0.5) is 4.39 Å². The van der Waals surface area contributed by atoms with Crippen molar-refractivity contribution in [1.82, 2.24) is 9.80 Å². The number of halogens is 1. The van der Waals surface area contributed by atoms with E-state index in [1.54, 1.807) is 4.90 Å². The van der Waals surface area contributed by atoms with Crippen LogP contribution in [0.15, 0.2) is 48.5 Å². The van der Waals surface area contributed by atoms with E-state index >= 15 is 0 Å². The highest BCUT2D eigenvalue weighted by molar-refractivity contribution is 5.78. The Morgan fingerprint density at radius 3 is 2.45 bits per heavy atom. The lowest BCUT2D eigenvalue weighted by Crippen LogP contribution is -2.40. The van der Waals surface area contributed by atoms with Gasteiger partial charge in [0.15, 0.2) is 0 Å². The largest absolute Gasteiger partial charge is 0.493 e. The molecule has 2 aromatic rings. The van der Waals surface area contributed by atoms with Gasteiger partial charge in [-0.05, 0) is 87.5 Å². The molecule has 0 unspecified atom stereocenters. The van der Waals surface area contributed by atoms with E-state index in [-0.39, 0.29) is 17.6 Å². The second kappa shape index (κ2) is 11.8. The third-order valence-electron chi connectivity index (χ3n) is 6.07. The van der Waals surface area contributed by atoms with Gasteiger partial charge < -0.3 is 14.5 Å². The Morgan fingerprint density at radius 2 is 1.74 bits per heavy atom. The summed E-state index contributed by atoms with van der Waals surface area (Å²) in [5.41, 5.74) is 2.33. The number of piperidine rings is 1. The molecule has 31 heavy (non-hydrogen) atoms.